The molecule has 0 aromatic carbocycles. The molecule has 2 aliphatic heterocycles. The molecule has 0 amide bonds. The van der Waals surface area contributed by atoms with Crippen molar-refractivity contribution in [2.45, 2.75) is 38.8 Å². The molecule has 0 spiro atoms. The van der Waals surface area contributed by atoms with Crippen LogP contribution in [-0.4, -0.2) is 65.4 Å². The summed E-state index contributed by atoms with van der Waals surface area (Å²) < 4.78 is 5.41. The largest absolute Gasteiger partial charge is 0.379 e. The topological polar surface area (TPSA) is 44.4 Å². The van der Waals surface area contributed by atoms with E-state index in [1.807, 2.05) is 0 Å². The van der Waals surface area contributed by atoms with Crippen molar-refractivity contribution < 1.29 is 4.74 Å². The number of morpholine rings is 1. The van der Waals surface area contributed by atoms with E-state index in [1.165, 1.54) is 18.8 Å². The number of hydrogen-bond donors (Lipinski definition) is 1. The third kappa shape index (κ3) is 3.05. The summed E-state index contributed by atoms with van der Waals surface area (Å²) in [4.78, 5) is 5.05. The summed E-state index contributed by atoms with van der Waals surface area (Å²) in [6, 6.07) is 2.94. The van der Waals surface area contributed by atoms with Crippen molar-refractivity contribution in [2.24, 2.45) is 0 Å². The zero-order chi connectivity index (χ0) is 14.2. The van der Waals surface area contributed by atoms with Gasteiger partial charge in [0.1, 0.15) is 0 Å². The zero-order valence-corrected chi connectivity index (χ0v) is 12.9. The first kappa shape index (κ1) is 14.0. The number of nitrogens with zero attached hydrogens (tertiary/aromatic N) is 3. The van der Waals surface area contributed by atoms with Crippen molar-refractivity contribution in [3.05, 3.63) is 17.5 Å². The number of likely N-dealkylation sites (tertiary alicyclic amines) is 1. The van der Waals surface area contributed by atoms with Gasteiger partial charge in [0.2, 0.25) is 0 Å². The third-order valence-electron chi connectivity index (χ3n) is 4.29. The lowest BCUT2D eigenvalue weighted by Gasteiger charge is -2.46. The second kappa shape index (κ2) is 5.47. The lowest BCUT2D eigenvalue weighted by atomic mass is 9.92. The van der Waals surface area contributed by atoms with Crippen LogP contribution >= 0.6 is 0 Å². The molecule has 3 heterocycles. The highest BCUT2D eigenvalue weighted by Crippen LogP contribution is 2.22. The molecule has 1 aromatic heterocycles. The molecule has 0 atom stereocenters. The third-order valence-corrected chi connectivity index (χ3v) is 4.29. The molecule has 2 aliphatic rings. The quantitative estimate of drug-likeness (QED) is 0.903. The Labute approximate surface area is 121 Å². The summed E-state index contributed by atoms with van der Waals surface area (Å²) in [5.74, 6) is 0. The van der Waals surface area contributed by atoms with Gasteiger partial charge in [-0.2, -0.15) is 5.10 Å². The molecule has 0 saturated carbocycles. The van der Waals surface area contributed by atoms with Gasteiger partial charge in [-0.15, -0.1) is 0 Å². The van der Waals surface area contributed by atoms with Crippen molar-refractivity contribution in [1.82, 2.24) is 20.0 Å². The van der Waals surface area contributed by atoms with Crippen LogP contribution in [0.1, 0.15) is 32.2 Å². The molecule has 20 heavy (non-hydrogen) atoms. The second-order valence-corrected chi connectivity index (χ2v) is 7.02. The average Bonchev–Trinajstić information content (AvgIpc) is 2.83. The summed E-state index contributed by atoms with van der Waals surface area (Å²) in [7, 11) is 0. The van der Waals surface area contributed by atoms with Gasteiger partial charge >= 0.3 is 0 Å². The van der Waals surface area contributed by atoms with Gasteiger partial charge in [0.05, 0.1) is 18.9 Å². The Hall–Kier alpha value is -0.910. The number of aromatic amines is 1. The normalized spacial score (nSPS) is 22.9. The van der Waals surface area contributed by atoms with Gasteiger partial charge in [-0.3, -0.25) is 14.9 Å². The van der Waals surface area contributed by atoms with Crippen LogP contribution in [0.5, 0.6) is 0 Å². The van der Waals surface area contributed by atoms with Crippen LogP contribution in [-0.2, 0) is 16.7 Å². The molecule has 2 fully saturated rings. The molecular formula is C15H26N4O. The maximum Gasteiger partial charge on any atom is 0.0678 e. The molecule has 5 nitrogen and oxygen atoms in total. The van der Waals surface area contributed by atoms with Gasteiger partial charge in [-0.1, -0.05) is 20.8 Å². The fourth-order valence-corrected chi connectivity index (χ4v) is 2.91. The van der Waals surface area contributed by atoms with Crippen LogP contribution < -0.4 is 0 Å². The molecule has 0 bridgehead atoms. The van der Waals surface area contributed by atoms with Crippen molar-refractivity contribution >= 4 is 0 Å². The zero-order valence-electron chi connectivity index (χ0n) is 12.9. The van der Waals surface area contributed by atoms with E-state index in [-0.39, 0.29) is 5.41 Å². The number of aromatic nitrogens is 2. The molecule has 2 saturated heterocycles. The van der Waals surface area contributed by atoms with Gasteiger partial charge in [0.15, 0.2) is 0 Å². The Kier molecular flexibility index (Phi) is 3.84. The highest BCUT2D eigenvalue weighted by atomic mass is 16.5. The fourth-order valence-electron chi connectivity index (χ4n) is 2.91. The fraction of sp³-hybridized carbons (Fsp3) is 0.800. The molecule has 1 N–H and O–H groups in total. The van der Waals surface area contributed by atoms with Crippen LogP contribution in [0.2, 0.25) is 0 Å². The Morgan fingerprint density at radius 1 is 1.30 bits per heavy atom. The van der Waals surface area contributed by atoms with E-state index in [9.17, 15) is 0 Å². The number of rotatable bonds is 3. The number of hydrogen-bond acceptors (Lipinski definition) is 4. The van der Waals surface area contributed by atoms with Gasteiger partial charge < -0.3 is 4.74 Å². The molecule has 1 aromatic rings. The minimum Gasteiger partial charge on any atom is -0.379 e. The second-order valence-electron chi connectivity index (χ2n) is 7.02. The van der Waals surface area contributed by atoms with Crippen molar-refractivity contribution in [1.29, 1.82) is 0 Å². The van der Waals surface area contributed by atoms with E-state index in [4.69, 9.17) is 4.74 Å². The summed E-state index contributed by atoms with van der Waals surface area (Å²) in [6.07, 6.45) is 0. The molecule has 0 aliphatic carbocycles. The smallest absolute Gasteiger partial charge is 0.0678 e. The predicted octanol–water partition coefficient (Wildman–Crippen LogP) is 1.22. The molecule has 3 rings (SSSR count). The monoisotopic (exact) mass is 278 g/mol. The SMILES string of the molecule is CC(C)(C)c1cc(CN2CC(N3CCOCC3)C2)[nH]n1. The summed E-state index contributed by atoms with van der Waals surface area (Å²) in [5.41, 5.74) is 2.51. The van der Waals surface area contributed by atoms with E-state index in [1.54, 1.807) is 0 Å². The summed E-state index contributed by atoms with van der Waals surface area (Å²) in [6.45, 7) is 13.9. The molecule has 0 unspecified atom stereocenters. The Balaban J connectivity index is 1.47. The minimum atomic E-state index is 0.125. The Morgan fingerprint density at radius 3 is 2.60 bits per heavy atom. The van der Waals surface area contributed by atoms with Gasteiger partial charge in [0.25, 0.3) is 0 Å². The lowest BCUT2D eigenvalue weighted by Crippen LogP contribution is -2.60. The van der Waals surface area contributed by atoms with E-state index < -0.39 is 0 Å². The van der Waals surface area contributed by atoms with Gasteiger partial charge in [0, 0.05) is 49.9 Å². The first-order valence-electron chi connectivity index (χ1n) is 7.61. The summed E-state index contributed by atoms with van der Waals surface area (Å²) in [5, 5.41) is 7.61. The predicted molar refractivity (Wildman–Crippen MR) is 78.7 cm³/mol. The maximum absolute atomic E-state index is 5.41. The number of nitrogens with one attached hydrogen (secondary N) is 1. The van der Waals surface area contributed by atoms with E-state index in [0.717, 1.165) is 44.6 Å². The molecule has 0 radical (unpaired) electrons. The minimum absolute atomic E-state index is 0.125. The maximum atomic E-state index is 5.41. The van der Waals surface area contributed by atoms with Crippen LogP contribution in [0, 0.1) is 0 Å². The van der Waals surface area contributed by atoms with Crippen molar-refractivity contribution in [2.75, 3.05) is 39.4 Å². The van der Waals surface area contributed by atoms with Crippen LogP contribution in [0.25, 0.3) is 0 Å². The average molecular weight is 278 g/mol. The Bertz CT molecular complexity index is 439. The van der Waals surface area contributed by atoms with Crippen LogP contribution in [0.3, 0.4) is 0 Å². The van der Waals surface area contributed by atoms with E-state index >= 15 is 0 Å². The highest BCUT2D eigenvalue weighted by Gasteiger charge is 2.32. The van der Waals surface area contributed by atoms with E-state index in [2.05, 4.69) is 46.8 Å². The highest BCUT2D eigenvalue weighted by molar-refractivity contribution is 5.16. The number of ether oxygens (including phenoxy) is 1. The number of H-pyrrole nitrogens is 1. The van der Waals surface area contributed by atoms with Crippen LogP contribution in [0.15, 0.2) is 6.07 Å². The van der Waals surface area contributed by atoms with Crippen molar-refractivity contribution in [3.63, 3.8) is 0 Å². The van der Waals surface area contributed by atoms with Crippen molar-refractivity contribution in [3.8, 4) is 0 Å². The van der Waals surface area contributed by atoms with Crippen LogP contribution in [0.4, 0.5) is 0 Å². The Morgan fingerprint density at radius 2 is 2.00 bits per heavy atom. The van der Waals surface area contributed by atoms with Gasteiger partial charge in [-0.05, 0) is 6.07 Å². The molecule has 112 valence electrons. The summed E-state index contributed by atoms with van der Waals surface area (Å²) >= 11 is 0. The first-order chi connectivity index (χ1) is 9.52. The first-order valence-corrected chi connectivity index (χ1v) is 7.61. The standard InChI is InChI=1S/C15H26N4O/c1-15(2,3)14-8-12(16-17-14)9-18-10-13(11-18)19-4-6-20-7-5-19/h8,13H,4-7,9-11H2,1-3H3,(H,16,17). The molecule has 5 heteroatoms. The molecular weight excluding hydrogens is 252 g/mol. The van der Waals surface area contributed by atoms with E-state index in [0.29, 0.717) is 0 Å². The van der Waals surface area contributed by atoms with Gasteiger partial charge in [-0.25, -0.2) is 0 Å². The lowest BCUT2D eigenvalue weighted by molar-refractivity contribution is -0.0347.